The summed E-state index contributed by atoms with van der Waals surface area (Å²) in [5.41, 5.74) is 3.94. The van der Waals surface area contributed by atoms with Crippen molar-refractivity contribution in [3.8, 4) is 0 Å². The van der Waals surface area contributed by atoms with E-state index < -0.39 is 0 Å². The summed E-state index contributed by atoms with van der Waals surface area (Å²) < 4.78 is 0.710. The Bertz CT molecular complexity index is 633. The summed E-state index contributed by atoms with van der Waals surface area (Å²) in [6, 6.07) is 0. The van der Waals surface area contributed by atoms with Gasteiger partial charge in [0.15, 0.2) is 3.95 Å². The minimum atomic E-state index is -0.00616. The van der Waals surface area contributed by atoms with Gasteiger partial charge in [-0.25, -0.2) is 0 Å². The van der Waals surface area contributed by atoms with Crippen LogP contribution in [-0.2, 0) is 17.8 Å². The quantitative estimate of drug-likeness (QED) is 0.758. The Morgan fingerprint density at radius 1 is 1.37 bits per heavy atom. The Hall–Kier alpha value is -1.47. The largest absolute Gasteiger partial charge is 0.352 e. The molecule has 0 radical (unpaired) electrons. The van der Waals surface area contributed by atoms with E-state index in [9.17, 15) is 4.79 Å². The van der Waals surface area contributed by atoms with Gasteiger partial charge >= 0.3 is 0 Å². The molecule has 0 aromatic carbocycles. The fourth-order valence-corrected chi connectivity index (χ4v) is 3.13. The van der Waals surface area contributed by atoms with Crippen molar-refractivity contribution < 1.29 is 4.79 Å². The number of amides is 1. The number of aryl methyl sites for hydroxylation is 3. The number of hydrogen-bond acceptors (Lipinski definition) is 4. The van der Waals surface area contributed by atoms with Crippen LogP contribution in [0.1, 0.15) is 27.5 Å². The van der Waals surface area contributed by atoms with Gasteiger partial charge in [0.05, 0.1) is 12.1 Å². The minimum Gasteiger partial charge on any atom is -0.352 e. The first-order chi connectivity index (χ1) is 8.97. The average molecular weight is 296 g/mol. The standard InChI is InChI=1S/C12H16N4OS2/c1-6-9(7(2)16-15-6)5-13-11(17)4-10-8(3)14-12(18)19-10/h4-5H2,1-3H3,(H,13,17)(H,14,18)(H,15,16). The molecule has 1 amide bonds. The van der Waals surface area contributed by atoms with Gasteiger partial charge in [0.25, 0.3) is 0 Å². The van der Waals surface area contributed by atoms with E-state index in [4.69, 9.17) is 12.2 Å². The van der Waals surface area contributed by atoms with Gasteiger partial charge in [-0.15, -0.1) is 11.3 Å². The molecule has 0 spiro atoms. The summed E-state index contributed by atoms with van der Waals surface area (Å²) in [6.45, 7) is 6.30. The maximum atomic E-state index is 11.9. The van der Waals surface area contributed by atoms with Crippen LogP contribution in [0.25, 0.3) is 0 Å². The summed E-state index contributed by atoms with van der Waals surface area (Å²) >= 11 is 6.51. The first-order valence-electron chi connectivity index (χ1n) is 5.93. The van der Waals surface area contributed by atoms with Gasteiger partial charge in [-0.1, -0.05) is 0 Å². The molecule has 3 N–H and O–H groups in total. The molecule has 19 heavy (non-hydrogen) atoms. The number of carbonyl (C=O) groups is 1. The molecular formula is C12H16N4OS2. The number of nitrogens with one attached hydrogen (secondary N) is 3. The van der Waals surface area contributed by atoms with Crippen molar-refractivity contribution in [3.63, 3.8) is 0 Å². The highest BCUT2D eigenvalue weighted by molar-refractivity contribution is 7.73. The number of rotatable bonds is 4. The highest BCUT2D eigenvalue weighted by atomic mass is 32.1. The van der Waals surface area contributed by atoms with Crippen LogP contribution < -0.4 is 5.32 Å². The zero-order valence-electron chi connectivity index (χ0n) is 11.1. The van der Waals surface area contributed by atoms with E-state index in [-0.39, 0.29) is 5.91 Å². The molecule has 0 unspecified atom stereocenters. The van der Waals surface area contributed by atoms with E-state index in [0.29, 0.717) is 16.9 Å². The molecular weight excluding hydrogens is 280 g/mol. The van der Waals surface area contributed by atoms with Crippen molar-refractivity contribution in [3.05, 3.63) is 31.5 Å². The van der Waals surface area contributed by atoms with E-state index in [0.717, 1.165) is 27.5 Å². The summed E-state index contributed by atoms with van der Waals surface area (Å²) in [5.74, 6) is -0.00616. The van der Waals surface area contributed by atoms with E-state index in [1.54, 1.807) is 0 Å². The Morgan fingerprint density at radius 2 is 2.11 bits per heavy atom. The van der Waals surface area contributed by atoms with E-state index in [1.807, 2.05) is 20.8 Å². The highest BCUT2D eigenvalue weighted by Gasteiger charge is 2.11. The average Bonchev–Trinajstić information content (AvgIpc) is 2.81. The Morgan fingerprint density at radius 3 is 2.63 bits per heavy atom. The van der Waals surface area contributed by atoms with Crippen molar-refractivity contribution in [1.29, 1.82) is 0 Å². The van der Waals surface area contributed by atoms with Crippen LogP contribution in [0.2, 0.25) is 0 Å². The van der Waals surface area contributed by atoms with Crippen molar-refractivity contribution in [2.45, 2.75) is 33.7 Å². The topological polar surface area (TPSA) is 73.6 Å². The summed E-state index contributed by atoms with van der Waals surface area (Å²) in [4.78, 5) is 15.9. The second-order valence-electron chi connectivity index (χ2n) is 4.43. The maximum absolute atomic E-state index is 11.9. The SMILES string of the molecule is Cc1n[nH]c(C)c1CNC(=O)Cc1sc(=S)[nH]c1C. The molecule has 0 aliphatic carbocycles. The Labute approximate surface area is 120 Å². The van der Waals surface area contributed by atoms with Gasteiger partial charge in [0.2, 0.25) is 5.91 Å². The molecule has 0 saturated carbocycles. The van der Waals surface area contributed by atoms with Crippen LogP contribution in [0.15, 0.2) is 0 Å². The third-order valence-corrected chi connectivity index (χ3v) is 4.32. The number of nitrogens with zero attached hydrogens (tertiary/aromatic N) is 1. The van der Waals surface area contributed by atoms with Gasteiger partial charge < -0.3 is 10.3 Å². The molecule has 0 bridgehead atoms. The van der Waals surface area contributed by atoms with Crippen LogP contribution in [0.3, 0.4) is 0 Å². The van der Waals surface area contributed by atoms with Gasteiger partial charge in [0, 0.05) is 28.4 Å². The number of hydrogen-bond donors (Lipinski definition) is 3. The predicted molar refractivity (Wildman–Crippen MR) is 77.9 cm³/mol. The van der Waals surface area contributed by atoms with Crippen molar-refractivity contribution >= 4 is 29.5 Å². The zero-order chi connectivity index (χ0) is 14.0. The van der Waals surface area contributed by atoms with E-state index in [1.165, 1.54) is 11.3 Å². The summed E-state index contributed by atoms with van der Waals surface area (Å²) in [7, 11) is 0. The third-order valence-electron chi connectivity index (χ3n) is 2.99. The first-order valence-corrected chi connectivity index (χ1v) is 7.15. The Balaban J connectivity index is 1.96. The van der Waals surface area contributed by atoms with Gasteiger partial charge in [-0.05, 0) is 33.0 Å². The molecule has 102 valence electrons. The molecule has 0 atom stereocenters. The van der Waals surface area contributed by atoms with Gasteiger partial charge in [0.1, 0.15) is 0 Å². The summed E-state index contributed by atoms with van der Waals surface area (Å²) in [6.07, 6.45) is 0.361. The zero-order valence-corrected chi connectivity index (χ0v) is 12.7. The minimum absolute atomic E-state index is 0.00616. The molecule has 7 heteroatoms. The molecule has 2 heterocycles. The number of H-pyrrole nitrogens is 2. The molecule has 2 aromatic rings. The molecule has 0 saturated heterocycles. The van der Waals surface area contributed by atoms with Crippen LogP contribution in [0.5, 0.6) is 0 Å². The molecule has 0 aliphatic heterocycles. The maximum Gasteiger partial charge on any atom is 0.225 e. The lowest BCUT2D eigenvalue weighted by Gasteiger charge is -2.05. The first kappa shape index (κ1) is 14.0. The molecule has 0 aliphatic rings. The van der Waals surface area contributed by atoms with Crippen LogP contribution in [0, 0.1) is 24.7 Å². The number of aromatic amines is 2. The highest BCUT2D eigenvalue weighted by Crippen LogP contribution is 2.15. The lowest BCUT2D eigenvalue weighted by molar-refractivity contribution is -0.120. The van der Waals surface area contributed by atoms with Crippen LogP contribution >= 0.6 is 23.6 Å². The fourth-order valence-electron chi connectivity index (χ4n) is 1.84. The smallest absolute Gasteiger partial charge is 0.225 e. The lowest BCUT2D eigenvalue weighted by atomic mass is 10.2. The molecule has 5 nitrogen and oxygen atoms in total. The van der Waals surface area contributed by atoms with Crippen molar-refractivity contribution in [2.75, 3.05) is 0 Å². The fraction of sp³-hybridized carbons (Fsp3) is 0.417. The molecule has 2 rings (SSSR count). The number of thiazole rings is 1. The van der Waals surface area contributed by atoms with Gasteiger partial charge in [-0.2, -0.15) is 5.10 Å². The molecule has 2 aromatic heterocycles. The van der Waals surface area contributed by atoms with Crippen molar-refractivity contribution in [1.82, 2.24) is 20.5 Å². The number of carbonyl (C=O) groups excluding carboxylic acids is 1. The predicted octanol–water partition coefficient (Wildman–Crippen LogP) is 2.31. The second-order valence-corrected chi connectivity index (χ2v) is 6.20. The van der Waals surface area contributed by atoms with E-state index in [2.05, 4.69) is 20.5 Å². The number of aromatic nitrogens is 3. The lowest BCUT2D eigenvalue weighted by Crippen LogP contribution is -2.25. The van der Waals surface area contributed by atoms with E-state index >= 15 is 0 Å². The van der Waals surface area contributed by atoms with Crippen LogP contribution in [-0.4, -0.2) is 21.1 Å². The monoisotopic (exact) mass is 296 g/mol. The summed E-state index contributed by atoms with van der Waals surface area (Å²) in [5, 5.41) is 9.92. The second kappa shape index (κ2) is 5.66. The van der Waals surface area contributed by atoms with Gasteiger partial charge in [-0.3, -0.25) is 9.89 Å². The van der Waals surface area contributed by atoms with Crippen molar-refractivity contribution in [2.24, 2.45) is 0 Å². The van der Waals surface area contributed by atoms with Crippen LogP contribution in [0.4, 0.5) is 0 Å². The normalized spacial score (nSPS) is 10.7. The third kappa shape index (κ3) is 3.30. The Kier molecular flexibility index (Phi) is 4.16. The molecule has 0 fully saturated rings.